The largest absolute Gasteiger partial charge is 0.415 e. The number of halogens is 1. The zero-order valence-corrected chi connectivity index (χ0v) is 18.3. The molecule has 0 saturated heterocycles. The first-order valence-electron chi connectivity index (χ1n) is 10.4. The van der Waals surface area contributed by atoms with E-state index in [1.807, 2.05) is 7.05 Å². The van der Waals surface area contributed by atoms with Crippen molar-refractivity contribution in [1.82, 2.24) is 9.80 Å². The van der Waals surface area contributed by atoms with Gasteiger partial charge >= 0.3 is 6.09 Å². The maximum atomic E-state index is 12.4. The predicted octanol–water partition coefficient (Wildman–Crippen LogP) is 5.22. The first-order chi connectivity index (χ1) is 13.5. The minimum Gasteiger partial charge on any atom is -0.410 e. The summed E-state index contributed by atoms with van der Waals surface area (Å²) in [6.07, 6.45) is 8.85. The van der Waals surface area contributed by atoms with Crippen molar-refractivity contribution in [1.29, 1.82) is 0 Å². The van der Waals surface area contributed by atoms with Crippen molar-refractivity contribution in [3.05, 3.63) is 29.3 Å². The Morgan fingerprint density at radius 2 is 1.64 bits per heavy atom. The monoisotopic (exact) mass is 410 g/mol. The Kier molecular flexibility index (Phi) is 10.1. The Labute approximate surface area is 174 Å². The molecule has 5 nitrogen and oxygen atoms in total. The van der Waals surface area contributed by atoms with Crippen LogP contribution in [0.5, 0.6) is 5.75 Å². The summed E-state index contributed by atoms with van der Waals surface area (Å²) < 4.78 is 11.5. The van der Waals surface area contributed by atoms with E-state index < -0.39 is 0 Å². The third-order valence-electron chi connectivity index (χ3n) is 5.35. The van der Waals surface area contributed by atoms with Crippen LogP contribution in [0.2, 0.25) is 5.02 Å². The van der Waals surface area contributed by atoms with Crippen molar-refractivity contribution < 1.29 is 14.3 Å². The predicted molar refractivity (Wildman–Crippen MR) is 114 cm³/mol. The highest BCUT2D eigenvalue weighted by Crippen LogP contribution is 2.26. The number of ether oxygens (including phenoxy) is 2. The quantitative estimate of drug-likeness (QED) is 0.496. The number of nitrogens with zero attached hydrogens (tertiary/aromatic N) is 2. The van der Waals surface area contributed by atoms with Gasteiger partial charge in [0.2, 0.25) is 0 Å². The van der Waals surface area contributed by atoms with Crippen molar-refractivity contribution in [3.63, 3.8) is 0 Å². The van der Waals surface area contributed by atoms with Gasteiger partial charge in [0.25, 0.3) is 0 Å². The third-order valence-corrected chi connectivity index (χ3v) is 5.60. The zero-order valence-electron chi connectivity index (χ0n) is 17.5. The minimum atomic E-state index is -0.315. The van der Waals surface area contributed by atoms with E-state index in [4.69, 9.17) is 21.1 Å². The van der Waals surface area contributed by atoms with Gasteiger partial charge in [-0.3, -0.25) is 0 Å². The molecule has 1 aliphatic carbocycles. The van der Waals surface area contributed by atoms with Crippen molar-refractivity contribution in [2.24, 2.45) is 0 Å². The van der Waals surface area contributed by atoms with Crippen LogP contribution in [0.25, 0.3) is 0 Å². The van der Waals surface area contributed by atoms with Crippen molar-refractivity contribution in [2.45, 2.75) is 63.5 Å². The van der Waals surface area contributed by atoms with Crippen LogP contribution >= 0.6 is 11.6 Å². The molecule has 0 bridgehead atoms. The Balaban J connectivity index is 1.59. The number of carbonyl (C=O) groups is 1. The van der Waals surface area contributed by atoms with Crippen LogP contribution in [0.1, 0.15) is 51.4 Å². The first-order valence-corrected chi connectivity index (χ1v) is 10.8. The Hall–Kier alpha value is -1.30. The Morgan fingerprint density at radius 1 is 1.00 bits per heavy atom. The molecule has 1 fully saturated rings. The molecule has 158 valence electrons. The number of amides is 1. The highest BCUT2D eigenvalue weighted by atomic mass is 35.5. The number of carbonyl (C=O) groups excluding carboxylic acids is 1. The number of hydrogen-bond acceptors (Lipinski definition) is 4. The summed E-state index contributed by atoms with van der Waals surface area (Å²) in [6, 6.07) is 7.06. The molecular weight excluding hydrogens is 376 g/mol. The molecule has 0 N–H and O–H groups in total. The summed E-state index contributed by atoms with van der Waals surface area (Å²) in [6.45, 7) is 2.02. The maximum Gasteiger partial charge on any atom is 0.415 e. The second-order valence-corrected chi connectivity index (χ2v) is 8.39. The van der Waals surface area contributed by atoms with Crippen molar-refractivity contribution in [2.75, 3.05) is 34.3 Å². The number of benzene rings is 1. The molecule has 1 aromatic carbocycles. The molecule has 0 atom stereocenters. The van der Waals surface area contributed by atoms with Crippen molar-refractivity contribution >= 4 is 17.7 Å². The number of rotatable bonds is 10. The van der Waals surface area contributed by atoms with Crippen LogP contribution in [-0.4, -0.2) is 62.3 Å². The van der Waals surface area contributed by atoms with Crippen LogP contribution in [0.4, 0.5) is 4.79 Å². The van der Waals surface area contributed by atoms with Crippen LogP contribution in [-0.2, 0) is 4.74 Å². The average Bonchev–Trinajstić information content (AvgIpc) is 2.68. The highest BCUT2D eigenvalue weighted by molar-refractivity contribution is 6.30. The van der Waals surface area contributed by atoms with Gasteiger partial charge in [-0.2, -0.15) is 0 Å². The second kappa shape index (κ2) is 12.3. The summed E-state index contributed by atoms with van der Waals surface area (Å²) in [5.74, 6) is 0.517. The second-order valence-electron chi connectivity index (χ2n) is 7.95. The average molecular weight is 411 g/mol. The lowest BCUT2D eigenvalue weighted by molar-refractivity contribution is 0.0104. The van der Waals surface area contributed by atoms with E-state index in [-0.39, 0.29) is 12.1 Å². The first kappa shape index (κ1) is 23.0. The van der Waals surface area contributed by atoms with E-state index in [0.29, 0.717) is 16.9 Å². The normalized spacial score (nSPS) is 19.6. The van der Waals surface area contributed by atoms with Gasteiger partial charge in [-0.25, -0.2) is 4.79 Å². The molecule has 0 heterocycles. The van der Waals surface area contributed by atoms with Crippen LogP contribution in [0, 0.1) is 0 Å². The zero-order chi connectivity index (χ0) is 20.4. The molecule has 1 aromatic rings. The summed E-state index contributed by atoms with van der Waals surface area (Å²) in [5.41, 5.74) is 0. The van der Waals surface area contributed by atoms with E-state index >= 15 is 0 Å². The fraction of sp³-hybridized carbons (Fsp3) is 0.682. The van der Waals surface area contributed by atoms with Crippen LogP contribution in [0.15, 0.2) is 24.3 Å². The summed E-state index contributed by atoms with van der Waals surface area (Å²) in [5, 5.41) is 0.625. The minimum absolute atomic E-state index is 0.214. The van der Waals surface area contributed by atoms with Gasteiger partial charge in [0.15, 0.2) is 0 Å². The van der Waals surface area contributed by atoms with E-state index in [1.54, 1.807) is 29.2 Å². The van der Waals surface area contributed by atoms with Gasteiger partial charge in [0.1, 0.15) is 5.75 Å². The molecule has 28 heavy (non-hydrogen) atoms. The fourth-order valence-corrected chi connectivity index (χ4v) is 3.68. The van der Waals surface area contributed by atoms with Crippen molar-refractivity contribution in [3.8, 4) is 5.75 Å². The van der Waals surface area contributed by atoms with Crippen LogP contribution < -0.4 is 4.74 Å². The summed E-state index contributed by atoms with van der Waals surface area (Å²) >= 11 is 5.86. The lowest BCUT2D eigenvalue weighted by Gasteiger charge is -2.34. The van der Waals surface area contributed by atoms with E-state index in [1.165, 1.54) is 25.8 Å². The fourth-order valence-electron chi connectivity index (χ4n) is 3.56. The lowest BCUT2D eigenvalue weighted by atomic mass is 9.92. The molecule has 0 unspecified atom stereocenters. The lowest BCUT2D eigenvalue weighted by Crippen LogP contribution is -2.42. The third kappa shape index (κ3) is 8.38. The molecule has 1 saturated carbocycles. The molecule has 1 amide bonds. The van der Waals surface area contributed by atoms with Gasteiger partial charge in [-0.1, -0.05) is 24.4 Å². The van der Waals surface area contributed by atoms with Gasteiger partial charge in [-0.05, 0) is 83.4 Å². The highest BCUT2D eigenvalue weighted by Gasteiger charge is 2.27. The molecule has 2 rings (SSSR count). The van der Waals surface area contributed by atoms with Crippen LogP contribution in [0.3, 0.4) is 0 Å². The van der Waals surface area contributed by atoms with Gasteiger partial charge in [-0.15, -0.1) is 0 Å². The molecule has 6 heteroatoms. The summed E-state index contributed by atoms with van der Waals surface area (Å²) in [4.78, 5) is 16.3. The molecule has 0 radical (unpaired) electrons. The van der Waals surface area contributed by atoms with E-state index in [2.05, 4.69) is 19.0 Å². The number of unbranched alkanes of at least 4 members (excludes halogenated alkanes) is 3. The SMILES string of the molecule is CN(C)CCCCCCO[C@H]1CC[C@H](N(C)C(=O)Oc2ccc(Cl)cc2)CC1. The van der Waals surface area contributed by atoms with Gasteiger partial charge in [0.05, 0.1) is 6.10 Å². The Bertz CT molecular complexity index is 572. The molecule has 1 aliphatic rings. The smallest absolute Gasteiger partial charge is 0.410 e. The van der Waals surface area contributed by atoms with E-state index in [0.717, 1.165) is 38.7 Å². The maximum absolute atomic E-state index is 12.4. The molecular formula is C22H35ClN2O3. The summed E-state index contributed by atoms with van der Waals surface area (Å²) in [7, 11) is 6.06. The molecule has 0 aliphatic heterocycles. The number of hydrogen-bond donors (Lipinski definition) is 0. The molecule has 0 aromatic heterocycles. The van der Waals surface area contributed by atoms with Gasteiger partial charge < -0.3 is 19.3 Å². The Morgan fingerprint density at radius 3 is 2.29 bits per heavy atom. The molecule has 0 spiro atoms. The topological polar surface area (TPSA) is 42.0 Å². The van der Waals surface area contributed by atoms with Gasteiger partial charge in [0, 0.05) is 24.7 Å². The standard InChI is InChI=1S/C22H35ClN2O3/c1-24(2)16-6-4-5-7-17-27-20-14-10-19(11-15-20)25(3)22(26)28-21-12-8-18(23)9-13-21/h8-9,12-13,19-20H,4-7,10-11,14-17H2,1-3H3/t19-,20-. The van der Waals surface area contributed by atoms with E-state index in [9.17, 15) is 4.79 Å².